The fourth-order valence-electron chi connectivity index (χ4n) is 1.91. The number of nitrogens with two attached hydrogens (primary N) is 1. The van der Waals surface area contributed by atoms with Crippen LogP contribution in [0.5, 0.6) is 0 Å². The minimum Gasteiger partial charge on any atom is -0.369 e. The van der Waals surface area contributed by atoms with Crippen molar-refractivity contribution in [2.24, 2.45) is 0 Å². The second kappa shape index (κ2) is 5.49. The molecule has 0 amide bonds. The number of imidazole rings is 1. The summed E-state index contributed by atoms with van der Waals surface area (Å²) in [5.74, 6) is -1.96. The number of H-pyrrole nitrogens is 1. The van der Waals surface area contributed by atoms with Crippen molar-refractivity contribution in [2.75, 3.05) is 5.73 Å². The van der Waals surface area contributed by atoms with Gasteiger partial charge in [0.15, 0.2) is 22.8 Å². The highest BCUT2D eigenvalue weighted by molar-refractivity contribution is 5.85. The van der Waals surface area contributed by atoms with Crippen molar-refractivity contribution < 1.29 is 8.78 Å². The van der Waals surface area contributed by atoms with Crippen LogP contribution in [0.2, 0.25) is 0 Å². The number of anilines is 1. The lowest BCUT2D eigenvalue weighted by Gasteiger charge is -2.08. The number of rotatable bonds is 2. The van der Waals surface area contributed by atoms with Gasteiger partial charge in [-0.15, -0.1) is 12.4 Å². The van der Waals surface area contributed by atoms with Crippen LogP contribution >= 0.6 is 12.4 Å². The zero-order chi connectivity index (χ0) is 14.3. The second-order valence-corrected chi connectivity index (χ2v) is 4.21. The fourth-order valence-corrected chi connectivity index (χ4v) is 1.91. The van der Waals surface area contributed by atoms with Crippen molar-refractivity contribution in [1.82, 2.24) is 19.5 Å². The first-order valence-corrected chi connectivity index (χ1v) is 5.69. The van der Waals surface area contributed by atoms with E-state index < -0.39 is 17.2 Å². The van der Waals surface area contributed by atoms with Gasteiger partial charge in [-0.1, -0.05) is 6.07 Å². The largest absolute Gasteiger partial charge is 0.369 e. The molecule has 0 aliphatic rings. The van der Waals surface area contributed by atoms with E-state index in [-0.39, 0.29) is 36.1 Å². The van der Waals surface area contributed by atoms with Crippen molar-refractivity contribution in [3.05, 3.63) is 52.1 Å². The van der Waals surface area contributed by atoms with Gasteiger partial charge in [0, 0.05) is 0 Å². The Labute approximate surface area is 123 Å². The minimum atomic E-state index is -0.983. The highest BCUT2D eigenvalue weighted by Gasteiger charge is 2.12. The summed E-state index contributed by atoms with van der Waals surface area (Å²) < 4.78 is 27.2. The number of aromatic nitrogens is 4. The van der Waals surface area contributed by atoms with E-state index in [0.29, 0.717) is 5.56 Å². The number of aromatic amines is 1. The van der Waals surface area contributed by atoms with Gasteiger partial charge in [-0.3, -0.25) is 9.36 Å². The fraction of sp³-hybridized carbons (Fsp3) is 0.0833. The zero-order valence-electron chi connectivity index (χ0n) is 10.5. The lowest BCUT2D eigenvalue weighted by atomic mass is 10.2. The maximum atomic E-state index is 13.2. The molecular formula is C12H10ClF2N5O. The first-order chi connectivity index (χ1) is 9.56. The molecule has 9 heteroatoms. The molecule has 0 spiro atoms. The van der Waals surface area contributed by atoms with Crippen molar-refractivity contribution in [1.29, 1.82) is 0 Å². The highest BCUT2D eigenvalue weighted by atomic mass is 35.5. The molecule has 0 unspecified atom stereocenters. The van der Waals surface area contributed by atoms with Crippen LogP contribution < -0.4 is 11.3 Å². The molecule has 0 aliphatic carbocycles. The topological polar surface area (TPSA) is 89.6 Å². The lowest BCUT2D eigenvalue weighted by Crippen LogP contribution is -2.25. The molecule has 0 atom stereocenters. The van der Waals surface area contributed by atoms with E-state index in [9.17, 15) is 13.6 Å². The average molecular weight is 314 g/mol. The summed E-state index contributed by atoms with van der Waals surface area (Å²) >= 11 is 0. The molecule has 0 aliphatic heterocycles. The summed E-state index contributed by atoms with van der Waals surface area (Å²) in [5.41, 5.74) is 6.08. The van der Waals surface area contributed by atoms with Gasteiger partial charge in [0.05, 0.1) is 12.9 Å². The summed E-state index contributed by atoms with van der Waals surface area (Å²) in [6.07, 6.45) is 1.33. The Morgan fingerprint density at radius 1 is 1.29 bits per heavy atom. The smallest absolute Gasteiger partial charge is 0.283 e. The molecular weight excluding hydrogens is 304 g/mol. The minimum absolute atomic E-state index is 0. The third-order valence-electron chi connectivity index (χ3n) is 2.89. The van der Waals surface area contributed by atoms with Gasteiger partial charge < -0.3 is 10.7 Å². The highest BCUT2D eigenvalue weighted by Crippen LogP contribution is 2.11. The maximum absolute atomic E-state index is 13.2. The van der Waals surface area contributed by atoms with Gasteiger partial charge in [-0.05, 0) is 17.7 Å². The molecule has 0 fully saturated rings. The van der Waals surface area contributed by atoms with E-state index in [1.165, 1.54) is 12.4 Å². The molecule has 3 N–H and O–H groups in total. The lowest BCUT2D eigenvalue weighted by molar-refractivity contribution is 0.506. The van der Waals surface area contributed by atoms with Gasteiger partial charge >= 0.3 is 0 Å². The quantitative estimate of drug-likeness (QED) is 0.749. The number of fused-ring (bicyclic) bond motifs is 1. The Kier molecular flexibility index (Phi) is 3.90. The number of hydrogen-bond donors (Lipinski definition) is 2. The third kappa shape index (κ3) is 2.57. The Hall–Kier alpha value is -2.48. The van der Waals surface area contributed by atoms with Crippen molar-refractivity contribution in [3.8, 4) is 0 Å². The second-order valence-electron chi connectivity index (χ2n) is 4.21. The van der Waals surface area contributed by atoms with E-state index >= 15 is 0 Å². The molecule has 0 saturated carbocycles. The molecule has 1 aromatic carbocycles. The van der Waals surface area contributed by atoms with E-state index in [4.69, 9.17) is 5.73 Å². The maximum Gasteiger partial charge on any atom is 0.283 e. The molecule has 0 radical (unpaired) electrons. The van der Waals surface area contributed by atoms with Gasteiger partial charge in [0.2, 0.25) is 5.95 Å². The SMILES string of the molecule is Cl.Nc1nc2[nH]cnc2c(=O)n1Cc1ccc(F)c(F)c1. The average Bonchev–Trinajstić information content (AvgIpc) is 2.87. The number of nitrogens with one attached hydrogen (secondary N) is 1. The molecule has 21 heavy (non-hydrogen) atoms. The number of nitrogens with zero attached hydrogens (tertiary/aromatic N) is 3. The normalized spacial score (nSPS) is 10.6. The first kappa shape index (κ1) is 14.9. The van der Waals surface area contributed by atoms with Crippen LogP contribution in [-0.2, 0) is 6.54 Å². The van der Waals surface area contributed by atoms with Crippen LogP contribution in [-0.4, -0.2) is 19.5 Å². The molecule has 3 rings (SSSR count). The van der Waals surface area contributed by atoms with Crippen molar-refractivity contribution in [3.63, 3.8) is 0 Å². The number of halogens is 3. The molecule has 2 heterocycles. The summed E-state index contributed by atoms with van der Waals surface area (Å²) in [6, 6.07) is 3.38. The predicted octanol–water partition coefficient (Wildman–Crippen LogP) is 1.45. The van der Waals surface area contributed by atoms with E-state index in [2.05, 4.69) is 15.0 Å². The molecule has 0 saturated heterocycles. The van der Waals surface area contributed by atoms with Crippen molar-refractivity contribution >= 4 is 29.5 Å². The van der Waals surface area contributed by atoms with Gasteiger partial charge in [0.25, 0.3) is 5.56 Å². The Morgan fingerprint density at radius 2 is 2.05 bits per heavy atom. The van der Waals surface area contributed by atoms with Crippen molar-refractivity contribution in [2.45, 2.75) is 6.54 Å². The molecule has 3 aromatic rings. The molecule has 110 valence electrons. The van der Waals surface area contributed by atoms with Crippen LogP contribution in [0.15, 0.2) is 29.3 Å². The van der Waals surface area contributed by atoms with E-state index in [0.717, 1.165) is 16.7 Å². The summed E-state index contributed by atoms with van der Waals surface area (Å²) in [6.45, 7) is -0.0162. The standard InChI is InChI=1S/C12H9F2N5O.ClH/c13-7-2-1-6(3-8(7)14)4-19-11(20)9-10(17-5-16-9)18-12(19)15;/h1-3,5H,4H2,(H2,15,18)(H,16,17);1H. The monoisotopic (exact) mass is 313 g/mol. The zero-order valence-corrected chi connectivity index (χ0v) is 11.3. The van der Waals surface area contributed by atoms with Crippen LogP contribution in [0.4, 0.5) is 14.7 Å². The van der Waals surface area contributed by atoms with Crippen LogP contribution in [0.1, 0.15) is 5.56 Å². The summed E-state index contributed by atoms with van der Waals surface area (Å²) in [5, 5.41) is 0. The molecule has 6 nitrogen and oxygen atoms in total. The number of hydrogen-bond acceptors (Lipinski definition) is 4. The predicted molar refractivity (Wildman–Crippen MR) is 75.3 cm³/mol. The Bertz CT molecular complexity index is 860. The third-order valence-corrected chi connectivity index (χ3v) is 2.89. The van der Waals surface area contributed by atoms with Gasteiger partial charge in [-0.25, -0.2) is 13.8 Å². The van der Waals surface area contributed by atoms with E-state index in [1.54, 1.807) is 0 Å². The summed E-state index contributed by atoms with van der Waals surface area (Å²) in [7, 11) is 0. The molecule has 2 aromatic heterocycles. The summed E-state index contributed by atoms with van der Waals surface area (Å²) in [4.78, 5) is 22.7. The molecule has 0 bridgehead atoms. The van der Waals surface area contributed by atoms with Crippen LogP contribution in [0, 0.1) is 11.6 Å². The Morgan fingerprint density at radius 3 is 2.76 bits per heavy atom. The van der Waals surface area contributed by atoms with Crippen LogP contribution in [0.3, 0.4) is 0 Å². The number of nitrogen functional groups attached to an aromatic ring is 1. The van der Waals surface area contributed by atoms with Crippen LogP contribution in [0.25, 0.3) is 11.2 Å². The number of benzene rings is 1. The Balaban J connectivity index is 0.00000161. The first-order valence-electron chi connectivity index (χ1n) is 5.69. The van der Waals surface area contributed by atoms with Gasteiger partial charge in [0.1, 0.15) is 0 Å². The van der Waals surface area contributed by atoms with Gasteiger partial charge in [-0.2, -0.15) is 4.98 Å². The van der Waals surface area contributed by atoms with E-state index in [1.807, 2.05) is 0 Å².